The molecule has 0 amide bonds. The van der Waals surface area contributed by atoms with Gasteiger partial charge in [-0.15, -0.1) is 23.7 Å². The van der Waals surface area contributed by atoms with Crippen LogP contribution in [0.15, 0.2) is 20.4 Å². The van der Waals surface area contributed by atoms with Crippen molar-refractivity contribution in [3.05, 3.63) is 21.8 Å². The smallest absolute Gasteiger partial charge is 0.244 e. The van der Waals surface area contributed by atoms with Crippen LogP contribution in [0, 0.1) is 12.3 Å². The average molecular weight is 298 g/mol. The quantitative estimate of drug-likeness (QED) is 0.885. The van der Waals surface area contributed by atoms with Gasteiger partial charge in [0.15, 0.2) is 0 Å². The number of thiophene rings is 1. The Balaban J connectivity index is 2.23. The fourth-order valence-electron chi connectivity index (χ4n) is 1.13. The van der Waals surface area contributed by atoms with Crippen LogP contribution in [0.3, 0.4) is 0 Å². The number of nitrogens with two attached hydrogens (primary N) is 1. The van der Waals surface area contributed by atoms with Crippen LogP contribution in [0.1, 0.15) is 18.4 Å². The molecule has 2 aromatic heterocycles. The molecule has 4 nitrogen and oxygen atoms in total. The van der Waals surface area contributed by atoms with Crippen molar-refractivity contribution >= 4 is 27.3 Å². The zero-order valence-electron chi connectivity index (χ0n) is 8.18. The molecular formula is C10H8BrN3OS. The Morgan fingerprint density at radius 3 is 3.12 bits per heavy atom. The second-order valence-corrected chi connectivity index (χ2v) is 4.93. The van der Waals surface area contributed by atoms with Crippen molar-refractivity contribution in [1.82, 2.24) is 10.1 Å². The predicted octanol–water partition coefficient (Wildman–Crippen LogP) is 2.58. The van der Waals surface area contributed by atoms with Crippen LogP contribution in [0.5, 0.6) is 0 Å². The van der Waals surface area contributed by atoms with Gasteiger partial charge < -0.3 is 10.3 Å². The summed E-state index contributed by atoms with van der Waals surface area (Å²) in [6.07, 6.45) is 5.55. The predicted molar refractivity (Wildman–Crippen MR) is 65.7 cm³/mol. The zero-order valence-corrected chi connectivity index (χ0v) is 10.6. The lowest BCUT2D eigenvalue weighted by Gasteiger charge is -1.98. The van der Waals surface area contributed by atoms with Crippen LogP contribution in [0.2, 0.25) is 0 Å². The molecule has 0 aromatic carbocycles. The van der Waals surface area contributed by atoms with Gasteiger partial charge in [-0.1, -0.05) is 5.16 Å². The van der Waals surface area contributed by atoms with E-state index in [4.69, 9.17) is 16.7 Å². The van der Waals surface area contributed by atoms with Gasteiger partial charge >= 0.3 is 0 Å². The molecule has 16 heavy (non-hydrogen) atoms. The third kappa shape index (κ3) is 2.32. The molecule has 0 aliphatic carbocycles. The minimum absolute atomic E-state index is 0.373. The molecule has 0 bridgehead atoms. The largest absolute Gasteiger partial charge is 0.337 e. The van der Waals surface area contributed by atoms with Crippen molar-refractivity contribution in [2.24, 2.45) is 5.73 Å². The van der Waals surface area contributed by atoms with Crippen LogP contribution in [0.25, 0.3) is 10.7 Å². The molecule has 2 N–H and O–H groups in total. The van der Waals surface area contributed by atoms with Gasteiger partial charge in [0.2, 0.25) is 11.7 Å². The summed E-state index contributed by atoms with van der Waals surface area (Å²) in [5, 5.41) is 5.81. The van der Waals surface area contributed by atoms with Crippen molar-refractivity contribution in [2.45, 2.75) is 12.5 Å². The van der Waals surface area contributed by atoms with E-state index in [9.17, 15) is 0 Å². The summed E-state index contributed by atoms with van der Waals surface area (Å²) in [4.78, 5) is 5.13. The number of aromatic nitrogens is 2. The van der Waals surface area contributed by atoms with E-state index in [-0.39, 0.29) is 0 Å². The molecule has 1 atom stereocenters. The lowest BCUT2D eigenvalue weighted by molar-refractivity contribution is 0.357. The normalized spacial score (nSPS) is 12.3. The van der Waals surface area contributed by atoms with Gasteiger partial charge in [-0.3, -0.25) is 0 Å². The van der Waals surface area contributed by atoms with Gasteiger partial charge in [0.05, 0.1) is 10.9 Å². The summed E-state index contributed by atoms with van der Waals surface area (Å²) in [5.74, 6) is 3.37. The van der Waals surface area contributed by atoms with Crippen molar-refractivity contribution in [1.29, 1.82) is 0 Å². The van der Waals surface area contributed by atoms with E-state index >= 15 is 0 Å². The minimum atomic E-state index is -0.394. The van der Waals surface area contributed by atoms with Crippen LogP contribution >= 0.6 is 27.3 Å². The van der Waals surface area contributed by atoms with Gasteiger partial charge in [0.1, 0.15) is 0 Å². The summed E-state index contributed by atoms with van der Waals surface area (Å²) in [7, 11) is 0. The Labute approximate surface area is 105 Å². The number of hydrogen-bond donors (Lipinski definition) is 1. The molecule has 6 heteroatoms. The number of nitrogens with zero attached hydrogens (tertiary/aromatic N) is 2. The van der Waals surface area contributed by atoms with Gasteiger partial charge in [-0.2, -0.15) is 4.98 Å². The molecule has 1 unspecified atom stereocenters. The fourth-order valence-corrected chi connectivity index (χ4v) is 2.48. The van der Waals surface area contributed by atoms with E-state index in [0.29, 0.717) is 18.1 Å². The van der Waals surface area contributed by atoms with Gasteiger partial charge in [-0.05, 0) is 22.0 Å². The summed E-state index contributed by atoms with van der Waals surface area (Å²) >= 11 is 4.89. The topological polar surface area (TPSA) is 64.9 Å². The molecule has 0 saturated heterocycles. The van der Waals surface area contributed by atoms with Crippen LogP contribution < -0.4 is 5.73 Å². The van der Waals surface area contributed by atoms with Gasteiger partial charge in [0, 0.05) is 16.3 Å². The maximum atomic E-state index is 5.76. The fraction of sp³-hybridized carbons (Fsp3) is 0.200. The minimum Gasteiger partial charge on any atom is -0.337 e. The Kier molecular flexibility index (Phi) is 3.39. The first kappa shape index (κ1) is 11.3. The lowest BCUT2D eigenvalue weighted by Crippen LogP contribution is -2.09. The first-order chi connectivity index (χ1) is 7.70. The highest BCUT2D eigenvalue weighted by Gasteiger charge is 2.15. The average Bonchev–Trinajstić information content (AvgIpc) is 2.85. The Morgan fingerprint density at radius 1 is 1.69 bits per heavy atom. The van der Waals surface area contributed by atoms with Gasteiger partial charge in [-0.25, -0.2) is 0 Å². The SMILES string of the molecule is C#CCC(N)c1nc(-c2cc(Br)cs2)no1. The number of halogens is 1. The Hall–Kier alpha value is -1.16. The molecule has 2 aromatic rings. The lowest BCUT2D eigenvalue weighted by atomic mass is 10.2. The molecule has 0 spiro atoms. The van der Waals surface area contributed by atoms with E-state index in [0.717, 1.165) is 9.35 Å². The van der Waals surface area contributed by atoms with E-state index in [1.165, 1.54) is 11.3 Å². The highest BCUT2D eigenvalue weighted by atomic mass is 79.9. The molecule has 0 fully saturated rings. The second kappa shape index (κ2) is 4.78. The molecular weight excluding hydrogens is 290 g/mol. The molecule has 0 aliphatic heterocycles. The Morgan fingerprint density at radius 2 is 2.50 bits per heavy atom. The summed E-state index contributed by atoms with van der Waals surface area (Å²) in [6, 6.07) is 1.53. The highest BCUT2D eigenvalue weighted by Crippen LogP contribution is 2.28. The van der Waals surface area contributed by atoms with Crippen LogP contribution in [-0.4, -0.2) is 10.1 Å². The summed E-state index contributed by atoms with van der Waals surface area (Å²) < 4.78 is 6.04. The van der Waals surface area contributed by atoms with Crippen molar-refractivity contribution < 1.29 is 4.52 Å². The van der Waals surface area contributed by atoms with E-state index < -0.39 is 6.04 Å². The molecule has 2 rings (SSSR count). The van der Waals surface area contributed by atoms with Crippen molar-refractivity contribution in [3.63, 3.8) is 0 Å². The van der Waals surface area contributed by atoms with Crippen molar-refractivity contribution in [2.75, 3.05) is 0 Å². The molecule has 0 saturated carbocycles. The summed E-state index contributed by atoms with van der Waals surface area (Å²) in [5.41, 5.74) is 5.76. The number of hydrogen-bond acceptors (Lipinski definition) is 5. The van der Waals surface area contributed by atoms with E-state index in [1.54, 1.807) is 0 Å². The maximum absolute atomic E-state index is 5.76. The van der Waals surface area contributed by atoms with Crippen molar-refractivity contribution in [3.8, 4) is 23.0 Å². The molecule has 0 radical (unpaired) electrons. The maximum Gasteiger partial charge on any atom is 0.244 e. The first-order valence-corrected chi connectivity index (χ1v) is 6.15. The number of rotatable bonds is 3. The number of terminal acetylenes is 1. The molecule has 0 aliphatic rings. The molecule has 2 heterocycles. The molecule has 82 valence electrons. The van der Waals surface area contributed by atoms with Crippen LogP contribution in [-0.2, 0) is 0 Å². The third-order valence-corrected chi connectivity index (χ3v) is 3.57. The standard InChI is InChI=1S/C10H8BrN3OS/c1-2-3-7(12)10-13-9(14-15-10)8-4-6(11)5-16-8/h1,4-5,7H,3,12H2. The van der Waals surface area contributed by atoms with Gasteiger partial charge in [0.25, 0.3) is 0 Å². The van der Waals surface area contributed by atoms with E-state index in [2.05, 4.69) is 32.0 Å². The highest BCUT2D eigenvalue weighted by molar-refractivity contribution is 9.10. The third-order valence-electron chi connectivity index (χ3n) is 1.88. The summed E-state index contributed by atoms with van der Waals surface area (Å²) in [6.45, 7) is 0. The monoisotopic (exact) mass is 297 g/mol. The van der Waals surface area contributed by atoms with E-state index in [1.807, 2.05) is 11.4 Å². The first-order valence-electron chi connectivity index (χ1n) is 4.47. The second-order valence-electron chi connectivity index (χ2n) is 3.10. The van der Waals surface area contributed by atoms with Crippen LogP contribution in [0.4, 0.5) is 0 Å². The Bertz CT molecular complexity index is 528. The zero-order chi connectivity index (χ0) is 11.5.